The van der Waals surface area contributed by atoms with Crippen molar-refractivity contribution in [2.75, 3.05) is 13.1 Å². The number of carbonyl (C=O) groups is 1. The number of nitrogens with zero attached hydrogens (tertiary/aromatic N) is 3. The van der Waals surface area contributed by atoms with Gasteiger partial charge in [-0.3, -0.25) is 9.48 Å². The molecule has 1 amide bonds. The summed E-state index contributed by atoms with van der Waals surface area (Å²) in [6, 6.07) is -0.0586. The molecule has 2 atom stereocenters. The third kappa shape index (κ3) is 3.53. The molecule has 0 aliphatic carbocycles. The summed E-state index contributed by atoms with van der Waals surface area (Å²) in [6.07, 6.45) is 4.49. The molecule has 1 aliphatic heterocycles. The second kappa shape index (κ2) is 6.65. The molecule has 106 valence electrons. The van der Waals surface area contributed by atoms with Crippen molar-refractivity contribution in [3.05, 3.63) is 12.2 Å². The van der Waals surface area contributed by atoms with Crippen molar-refractivity contribution in [2.24, 2.45) is 5.92 Å². The molecule has 1 aromatic rings. The van der Waals surface area contributed by atoms with Crippen LogP contribution in [0.3, 0.4) is 0 Å². The Kier molecular flexibility index (Phi) is 4.90. The molecular weight excluding hydrogens is 242 g/mol. The maximum Gasteiger partial charge on any atom is 0.237 e. The van der Waals surface area contributed by atoms with Gasteiger partial charge in [-0.05, 0) is 39.2 Å². The standard InChI is InChI=1S/C13H23N5O/c1-3-14-13(19)11-7-10(5-6-15-11)8-12-16-9-17-18(12)4-2/h9-11,15H,3-8H2,1-2H3,(H,14,19). The zero-order valence-electron chi connectivity index (χ0n) is 11.7. The van der Waals surface area contributed by atoms with Crippen molar-refractivity contribution < 1.29 is 4.79 Å². The lowest BCUT2D eigenvalue weighted by atomic mass is 9.89. The molecule has 0 radical (unpaired) electrons. The van der Waals surface area contributed by atoms with Crippen LogP contribution in [0, 0.1) is 5.92 Å². The van der Waals surface area contributed by atoms with Gasteiger partial charge in [0.15, 0.2) is 0 Å². The Hall–Kier alpha value is -1.43. The highest BCUT2D eigenvalue weighted by atomic mass is 16.2. The van der Waals surface area contributed by atoms with Crippen LogP contribution in [0.5, 0.6) is 0 Å². The largest absolute Gasteiger partial charge is 0.355 e. The number of carbonyl (C=O) groups excluding carboxylic acids is 1. The Bertz CT molecular complexity index is 417. The van der Waals surface area contributed by atoms with Gasteiger partial charge in [0.25, 0.3) is 0 Å². The first-order valence-corrected chi connectivity index (χ1v) is 7.12. The third-order valence-corrected chi connectivity index (χ3v) is 3.65. The van der Waals surface area contributed by atoms with Crippen LogP contribution in [-0.2, 0) is 17.8 Å². The SMILES string of the molecule is CCNC(=O)C1CC(Cc2ncnn2CC)CCN1. The number of aryl methyl sites for hydroxylation is 1. The quantitative estimate of drug-likeness (QED) is 0.805. The minimum absolute atomic E-state index is 0.0586. The van der Waals surface area contributed by atoms with E-state index in [1.165, 1.54) is 0 Å². The molecule has 0 bridgehead atoms. The zero-order valence-corrected chi connectivity index (χ0v) is 11.7. The monoisotopic (exact) mass is 265 g/mol. The second-order valence-corrected chi connectivity index (χ2v) is 4.99. The van der Waals surface area contributed by atoms with Crippen LogP contribution >= 0.6 is 0 Å². The molecule has 2 heterocycles. The van der Waals surface area contributed by atoms with Crippen LogP contribution in [0.15, 0.2) is 6.33 Å². The minimum Gasteiger partial charge on any atom is -0.355 e. The molecule has 6 nitrogen and oxygen atoms in total. The molecule has 2 N–H and O–H groups in total. The summed E-state index contributed by atoms with van der Waals surface area (Å²) in [5.74, 6) is 1.65. The van der Waals surface area contributed by atoms with Gasteiger partial charge in [-0.2, -0.15) is 5.10 Å². The first-order valence-electron chi connectivity index (χ1n) is 7.12. The maximum atomic E-state index is 11.9. The first-order chi connectivity index (χ1) is 9.24. The van der Waals surface area contributed by atoms with Crippen molar-refractivity contribution >= 4 is 5.91 Å². The van der Waals surface area contributed by atoms with Gasteiger partial charge in [0.05, 0.1) is 6.04 Å². The van der Waals surface area contributed by atoms with Crippen LogP contribution in [0.1, 0.15) is 32.5 Å². The summed E-state index contributed by atoms with van der Waals surface area (Å²) in [7, 11) is 0. The summed E-state index contributed by atoms with van der Waals surface area (Å²) in [6.45, 7) is 6.44. The topological polar surface area (TPSA) is 71.8 Å². The predicted molar refractivity (Wildman–Crippen MR) is 72.6 cm³/mol. The van der Waals surface area contributed by atoms with Gasteiger partial charge >= 0.3 is 0 Å². The van der Waals surface area contributed by atoms with Gasteiger partial charge in [0, 0.05) is 19.5 Å². The summed E-state index contributed by atoms with van der Waals surface area (Å²) in [4.78, 5) is 16.2. The average molecular weight is 265 g/mol. The van der Waals surface area contributed by atoms with Crippen LogP contribution < -0.4 is 10.6 Å². The average Bonchev–Trinajstić information content (AvgIpc) is 2.86. The van der Waals surface area contributed by atoms with Gasteiger partial charge in [0.2, 0.25) is 5.91 Å². The summed E-state index contributed by atoms with van der Waals surface area (Å²) in [5.41, 5.74) is 0. The first kappa shape index (κ1) is 14.0. The molecule has 0 saturated carbocycles. The number of amides is 1. The molecule has 0 spiro atoms. The summed E-state index contributed by atoms with van der Waals surface area (Å²) in [5, 5.41) is 10.4. The van der Waals surface area contributed by atoms with E-state index in [9.17, 15) is 4.79 Å². The van der Waals surface area contributed by atoms with E-state index in [2.05, 4.69) is 27.6 Å². The predicted octanol–water partition coefficient (Wildman–Crippen LogP) is 0.345. The molecule has 2 rings (SSSR count). The van der Waals surface area contributed by atoms with Crippen molar-refractivity contribution in [3.63, 3.8) is 0 Å². The van der Waals surface area contributed by atoms with Crippen molar-refractivity contribution in [1.29, 1.82) is 0 Å². The lowest BCUT2D eigenvalue weighted by Gasteiger charge is -2.29. The Labute approximate surface area is 114 Å². The third-order valence-electron chi connectivity index (χ3n) is 3.65. The fourth-order valence-corrected chi connectivity index (χ4v) is 2.65. The fraction of sp³-hybridized carbons (Fsp3) is 0.769. The Morgan fingerprint density at radius 1 is 1.58 bits per heavy atom. The van der Waals surface area contributed by atoms with E-state index in [1.807, 2.05) is 11.6 Å². The Balaban J connectivity index is 1.92. The maximum absolute atomic E-state index is 11.9. The lowest BCUT2D eigenvalue weighted by Crippen LogP contribution is -2.49. The van der Waals surface area contributed by atoms with Crippen molar-refractivity contribution in [1.82, 2.24) is 25.4 Å². The molecule has 0 aromatic carbocycles. The van der Waals surface area contributed by atoms with E-state index < -0.39 is 0 Å². The van der Waals surface area contributed by atoms with Crippen molar-refractivity contribution in [2.45, 2.75) is 45.7 Å². The van der Waals surface area contributed by atoms with Gasteiger partial charge in [-0.1, -0.05) is 0 Å². The van der Waals surface area contributed by atoms with Gasteiger partial charge in [-0.25, -0.2) is 4.98 Å². The van der Waals surface area contributed by atoms with E-state index >= 15 is 0 Å². The van der Waals surface area contributed by atoms with Crippen molar-refractivity contribution in [3.8, 4) is 0 Å². The van der Waals surface area contributed by atoms with E-state index in [-0.39, 0.29) is 11.9 Å². The molecule has 1 saturated heterocycles. The number of nitrogens with one attached hydrogen (secondary N) is 2. The van der Waals surface area contributed by atoms with Crippen LogP contribution in [0.2, 0.25) is 0 Å². The lowest BCUT2D eigenvalue weighted by molar-refractivity contribution is -0.123. The molecule has 6 heteroatoms. The molecular formula is C13H23N5O. The number of aromatic nitrogens is 3. The smallest absolute Gasteiger partial charge is 0.237 e. The van der Waals surface area contributed by atoms with Gasteiger partial charge < -0.3 is 10.6 Å². The molecule has 1 fully saturated rings. The molecule has 19 heavy (non-hydrogen) atoms. The van der Waals surface area contributed by atoms with Crippen LogP contribution in [-0.4, -0.2) is 39.8 Å². The zero-order chi connectivity index (χ0) is 13.7. The number of piperidine rings is 1. The van der Waals surface area contributed by atoms with E-state index in [0.29, 0.717) is 12.5 Å². The van der Waals surface area contributed by atoms with Gasteiger partial charge in [-0.15, -0.1) is 0 Å². The number of hydrogen-bond donors (Lipinski definition) is 2. The van der Waals surface area contributed by atoms with E-state index in [4.69, 9.17) is 0 Å². The molecule has 1 aliphatic rings. The van der Waals surface area contributed by atoms with Crippen LogP contribution in [0.4, 0.5) is 0 Å². The molecule has 2 unspecified atom stereocenters. The van der Waals surface area contributed by atoms with E-state index in [0.717, 1.165) is 38.2 Å². The summed E-state index contributed by atoms with van der Waals surface area (Å²) < 4.78 is 1.93. The number of rotatable bonds is 5. The summed E-state index contributed by atoms with van der Waals surface area (Å²) >= 11 is 0. The normalized spacial score (nSPS) is 23.3. The van der Waals surface area contributed by atoms with Crippen LogP contribution in [0.25, 0.3) is 0 Å². The highest BCUT2D eigenvalue weighted by molar-refractivity contribution is 5.81. The Morgan fingerprint density at radius 2 is 2.42 bits per heavy atom. The highest BCUT2D eigenvalue weighted by Gasteiger charge is 2.27. The number of hydrogen-bond acceptors (Lipinski definition) is 4. The Morgan fingerprint density at radius 3 is 3.16 bits per heavy atom. The van der Waals surface area contributed by atoms with E-state index in [1.54, 1.807) is 6.33 Å². The minimum atomic E-state index is -0.0586. The fourth-order valence-electron chi connectivity index (χ4n) is 2.65. The molecule has 1 aromatic heterocycles. The van der Waals surface area contributed by atoms with Gasteiger partial charge in [0.1, 0.15) is 12.2 Å². The second-order valence-electron chi connectivity index (χ2n) is 4.99. The highest BCUT2D eigenvalue weighted by Crippen LogP contribution is 2.20. The number of likely N-dealkylation sites (N-methyl/N-ethyl adjacent to an activating group) is 1.